The smallest absolute Gasteiger partial charge is 0.289 e. The number of nitrogens with one attached hydrogen (secondary N) is 1. The predicted molar refractivity (Wildman–Crippen MR) is 96.2 cm³/mol. The standard InChI is InChI=1S/C17H19ClN2O4S/c1-24-14-7-6-10(18)8-11(14)16(22)19-12-4-2-3-5-13(12)20-15(21)9-25-17(20)23/h6-8,12-13H,2-5,9H2,1H3,(H,19,22). The third kappa shape index (κ3) is 3.77. The minimum Gasteiger partial charge on any atom is -0.496 e. The summed E-state index contributed by atoms with van der Waals surface area (Å²) in [6.07, 6.45) is 3.30. The van der Waals surface area contributed by atoms with E-state index >= 15 is 0 Å². The van der Waals surface area contributed by atoms with Crippen LogP contribution in [-0.4, -0.2) is 46.9 Å². The van der Waals surface area contributed by atoms with E-state index in [1.165, 1.54) is 12.0 Å². The summed E-state index contributed by atoms with van der Waals surface area (Å²) in [6, 6.07) is 4.28. The molecule has 2 atom stereocenters. The van der Waals surface area contributed by atoms with Crippen molar-refractivity contribution in [2.45, 2.75) is 37.8 Å². The Kier molecular flexibility index (Phi) is 5.54. The van der Waals surface area contributed by atoms with Crippen molar-refractivity contribution in [2.75, 3.05) is 12.9 Å². The van der Waals surface area contributed by atoms with Crippen molar-refractivity contribution in [3.8, 4) is 5.75 Å². The number of benzene rings is 1. The second-order valence-corrected chi connectivity index (χ2v) is 7.46. The lowest BCUT2D eigenvalue weighted by Gasteiger charge is -2.36. The first-order chi connectivity index (χ1) is 12.0. The molecular weight excluding hydrogens is 364 g/mol. The molecular formula is C17H19ClN2O4S. The van der Waals surface area contributed by atoms with E-state index < -0.39 is 0 Å². The van der Waals surface area contributed by atoms with Gasteiger partial charge in [0.2, 0.25) is 5.91 Å². The molecule has 6 nitrogen and oxygen atoms in total. The third-order valence-electron chi connectivity index (χ3n) is 4.57. The van der Waals surface area contributed by atoms with Crippen LogP contribution in [0.25, 0.3) is 0 Å². The van der Waals surface area contributed by atoms with Crippen LogP contribution in [0.3, 0.4) is 0 Å². The van der Waals surface area contributed by atoms with E-state index in [-0.39, 0.29) is 34.9 Å². The fraction of sp³-hybridized carbons (Fsp3) is 0.471. The molecule has 1 saturated carbocycles. The molecule has 2 fully saturated rings. The Morgan fingerprint density at radius 1 is 1.32 bits per heavy atom. The maximum atomic E-state index is 12.7. The highest BCUT2D eigenvalue weighted by molar-refractivity contribution is 8.14. The molecule has 1 aromatic carbocycles. The van der Waals surface area contributed by atoms with Gasteiger partial charge >= 0.3 is 0 Å². The minimum atomic E-state index is -0.317. The van der Waals surface area contributed by atoms with Crippen LogP contribution in [0, 0.1) is 0 Å². The predicted octanol–water partition coefficient (Wildman–Crippen LogP) is 3.09. The molecule has 8 heteroatoms. The lowest BCUT2D eigenvalue weighted by molar-refractivity contribution is -0.127. The topological polar surface area (TPSA) is 75.7 Å². The third-order valence-corrected chi connectivity index (χ3v) is 5.64. The molecule has 1 N–H and O–H groups in total. The SMILES string of the molecule is COc1ccc(Cl)cc1C(=O)NC1CCCCC1N1C(=O)CSC1=O. The summed E-state index contributed by atoms with van der Waals surface area (Å²) in [5.41, 5.74) is 0.341. The fourth-order valence-electron chi connectivity index (χ4n) is 3.38. The molecule has 1 aliphatic heterocycles. The average Bonchev–Trinajstić information content (AvgIpc) is 2.94. The normalized spacial score (nSPS) is 23.7. The highest BCUT2D eigenvalue weighted by Gasteiger charge is 2.41. The van der Waals surface area contributed by atoms with E-state index in [2.05, 4.69) is 5.32 Å². The number of ether oxygens (including phenoxy) is 1. The summed E-state index contributed by atoms with van der Waals surface area (Å²) < 4.78 is 5.23. The van der Waals surface area contributed by atoms with Crippen molar-refractivity contribution in [2.24, 2.45) is 0 Å². The number of nitrogens with zero attached hydrogens (tertiary/aromatic N) is 1. The quantitative estimate of drug-likeness (QED) is 0.866. The molecule has 0 bridgehead atoms. The van der Waals surface area contributed by atoms with Gasteiger partial charge in [0.15, 0.2) is 0 Å². The molecule has 1 aromatic rings. The van der Waals surface area contributed by atoms with Gasteiger partial charge in [-0.05, 0) is 31.0 Å². The Morgan fingerprint density at radius 2 is 2.08 bits per heavy atom. The minimum absolute atomic E-state index is 0.179. The van der Waals surface area contributed by atoms with E-state index in [1.807, 2.05) is 0 Å². The summed E-state index contributed by atoms with van der Waals surface area (Å²) in [5.74, 6) is 0.112. The van der Waals surface area contributed by atoms with Crippen molar-refractivity contribution in [3.05, 3.63) is 28.8 Å². The molecule has 0 spiro atoms. The first kappa shape index (κ1) is 18.1. The summed E-state index contributed by atoms with van der Waals surface area (Å²) in [6.45, 7) is 0. The van der Waals surface area contributed by atoms with Gasteiger partial charge in [-0.3, -0.25) is 19.3 Å². The van der Waals surface area contributed by atoms with Crippen LogP contribution in [0.5, 0.6) is 5.75 Å². The van der Waals surface area contributed by atoms with Gasteiger partial charge in [0.25, 0.3) is 11.1 Å². The van der Waals surface area contributed by atoms with Crippen LogP contribution < -0.4 is 10.1 Å². The highest BCUT2D eigenvalue weighted by Crippen LogP contribution is 2.31. The summed E-state index contributed by atoms with van der Waals surface area (Å²) in [5, 5.41) is 3.18. The Hall–Kier alpha value is -1.73. The van der Waals surface area contributed by atoms with E-state index in [0.29, 0.717) is 22.8 Å². The monoisotopic (exact) mass is 382 g/mol. The van der Waals surface area contributed by atoms with Crippen LogP contribution >= 0.6 is 23.4 Å². The first-order valence-electron chi connectivity index (χ1n) is 8.14. The Balaban J connectivity index is 1.80. The van der Waals surface area contributed by atoms with Gasteiger partial charge in [0.05, 0.1) is 30.5 Å². The van der Waals surface area contributed by atoms with Crippen molar-refractivity contribution in [1.82, 2.24) is 10.2 Å². The number of imide groups is 1. The molecule has 1 saturated heterocycles. The highest BCUT2D eigenvalue weighted by atomic mass is 35.5. The van der Waals surface area contributed by atoms with Crippen LogP contribution in [0.4, 0.5) is 4.79 Å². The molecule has 0 radical (unpaired) electrons. The zero-order chi connectivity index (χ0) is 18.0. The Morgan fingerprint density at radius 3 is 2.76 bits per heavy atom. The molecule has 0 aromatic heterocycles. The maximum Gasteiger partial charge on any atom is 0.289 e. The summed E-state index contributed by atoms with van der Waals surface area (Å²) >= 11 is 7.02. The zero-order valence-corrected chi connectivity index (χ0v) is 15.4. The number of carbonyl (C=O) groups excluding carboxylic acids is 3. The number of methoxy groups -OCH3 is 1. The van der Waals surface area contributed by atoms with E-state index in [9.17, 15) is 14.4 Å². The number of hydrogen-bond donors (Lipinski definition) is 1. The van der Waals surface area contributed by atoms with Crippen molar-refractivity contribution >= 4 is 40.4 Å². The van der Waals surface area contributed by atoms with Gasteiger partial charge < -0.3 is 10.1 Å². The second kappa shape index (κ2) is 7.66. The van der Waals surface area contributed by atoms with Gasteiger partial charge in [-0.25, -0.2) is 0 Å². The summed E-state index contributed by atoms with van der Waals surface area (Å²) in [4.78, 5) is 38.2. The van der Waals surface area contributed by atoms with E-state index in [1.54, 1.807) is 18.2 Å². The van der Waals surface area contributed by atoms with Gasteiger partial charge in [0, 0.05) is 5.02 Å². The van der Waals surface area contributed by atoms with Crippen molar-refractivity contribution < 1.29 is 19.1 Å². The molecule has 3 amide bonds. The molecule has 2 aliphatic rings. The molecule has 1 aliphatic carbocycles. The Labute approximate surface area is 155 Å². The van der Waals surface area contributed by atoms with Crippen LogP contribution in [-0.2, 0) is 4.79 Å². The van der Waals surface area contributed by atoms with Gasteiger partial charge in [-0.2, -0.15) is 0 Å². The number of hydrogen-bond acceptors (Lipinski definition) is 5. The van der Waals surface area contributed by atoms with Crippen LogP contribution in [0.2, 0.25) is 5.02 Å². The van der Waals surface area contributed by atoms with Crippen molar-refractivity contribution in [3.63, 3.8) is 0 Å². The molecule has 3 rings (SSSR count). The number of rotatable bonds is 4. The lowest BCUT2D eigenvalue weighted by atomic mass is 9.89. The molecule has 1 heterocycles. The number of thioether (sulfide) groups is 1. The largest absolute Gasteiger partial charge is 0.496 e. The molecule has 2 unspecified atom stereocenters. The summed E-state index contributed by atoms with van der Waals surface area (Å²) in [7, 11) is 1.49. The number of amides is 3. The van der Waals surface area contributed by atoms with Gasteiger partial charge in [0.1, 0.15) is 5.75 Å². The molecule has 134 valence electrons. The number of halogens is 1. The van der Waals surface area contributed by atoms with Gasteiger partial charge in [-0.15, -0.1) is 0 Å². The lowest BCUT2D eigenvalue weighted by Crippen LogP contribution is -2.54. The van der Waals surface area contributed by atoms with E-state index in [4.69, 9.17) is 16.3 Å². The fourth-order valence-corrected chi connectivity index (χ4v) is 4.31. The van der Waals surface area contributed by atoms with Crippen molar-refractivity contribution in [1.29, 1.82) is 0 Å². The van der Waals surface area contributed by atoms with Crippen LogP contribution in [0.15, 0.2) is 18.2 Å². The number of carbonyl (C=O) groups is 3. The first-order valence-corrected chi connectivity index (χ1v) is 9.51. The second-order valence-electron chi connectivity index (χ2n) is 6.09. The van der Waals surface area contributed by atoms with Gasteiger partial charge in [-0.1, -0.05) is 36.2 Å². The maximum absolute atomic E-state index is 12.7. The van der Waals surface area contributed by atoms with Crippen LogP contribution in [0.1, 0.15) is 36.0 Å². The molecule has 25 heavy (non-hydrogen) atoms. The average molecular weight is 383 g/mol. The Bertz CT molecular complexity index is 696. The van der Waals surface area contributed by atoms with E-state index in [0.717, 1.165) is 31.0 Å². The zero-order valence-electron chi connectivity index (χ0n) is 13.8.